The van der Waals surface area contributed by atoms with E-state index in [9.17, 15) is 19.2 Å². The molecule has 0 atom stereocenters. The first-order valence-corrected chi connectivity index (χ1v) is 7.66. The van der Waals surface area contributed by atoms with Gasteiger partial charge in [0.15, 0.2) is 0 Å². The Morgan fingerprint density at radius 1 is 0.591 bits per heavy atom. The zero-order valence-electron chi connectivity index (χ0n) is 12.9. The fourth-order valence-corrected chi connectivity index (χ4v) is 1.98. The number of carbonyl (C=O) groups excluding carboxylic acids is 4. The highest BCUT2D eigenvalue weighted by Crippen LogP contribution is 2.10. The van der Waals surface area contributed by atoms with Crippen LogP contribution < -0.4 is 21.7 Å². The fraction of sp³-hybridized carbons (Fsp3) is 0.714. The summed E-state index contributed by atoms with van der Waals surface area (Å²) in [5.41, 5.74) is 8.77. The van der Waals surface area contributed by atoms with Gasteiger partial charge in [-0.15, -0.1) is 0 Å². The Kier molecular flexibility index (Phi) is 13.8. The van der Waals surface area contributed by atoms with Crippen LogP contribution in [0.25, 0.3) is 0 Å². The molecule has 0 saturated carbocycles. The van der Waals surface area contributed by atoms with Gasteiger partial charge in [-0.2, -0.15) is 0 Å². The standard InChI is InChI=1S/C14H26N4O4/c19-11-15-17-13(21)9-7-5-3-1-2-4-6-8-10-14(22)18-16-12-20/h11-12H,1-10H2,(H,15,19)(H,16,20)(H,17,21)(H,18,22). The second kappa shape index (κ2) is 15.3. The number of unbranched alkanes of at least 4 members (excludes halogenated alkanes) is 7. The molecule has 0 rings (SSSR count). The van der Waals surface area contributed by atoms with Crippen molar-refractivity contribution in [3.05, 3.63) is 0 Å². The Hall–Kier alpha value is -2.12. The van der Waals surface area contributed by atoms with Crippen LogP contribution in [-0.2, 0) is 19.2 Å². The Balaban J connectivity index is 3.20. The lowest BCUT2D eigenvalue weighted by Crippen LogP contribution is -2.35. The average Bonchev–Trinajstić information content (AvgIpc) is 2.52. The molecular weight excluding hydrogens is 288 g/mol. The maximum Gasteiger partial charge on any atom is 0.238 e. The second-order valence-corrected chi connectivity index (χ2v) is 4.95. The minimum absolute atomic E-state index is 0.172. The average molecular weight is 314 g/mol. The van der Waals surface area contributed by atoms with Gasteiger partial charge in [0.1, 0.15) is 0 Å². The Morgan fingerprint density at radius 3 is 1.23 bits per heavy atom. The highest BCUT2D eigenvalue weighted by Gasteiger charge is 2.00. The molecule has 0 aromatic rings. The summed E-state index contributed by atoms with van der Waals surface area (Å²) in [6.07, 6.45) is 9.72. The minimum Gasteiger partial charge on any atom is -0.277 e. The Morgan fingerprint density at radius 2 is 0.909 bits per heavy atom. The topological polar surface area (TPSA) is 116 Å². The van der Waals surface area contributed by atoms with E-state index < -0.39 is 0 Å². The summed E-state index contributed by atoms with van der Waals surface area (Å²) in [5.74, 6) is -0.344. The molecule has 0 bridgehead atoms. The SMILES string of the molecule is O=CNNC(=O)CCCCCCCCCCC(=O)NNC=O. The van der Waals surface area contributed by atoms with Gasteiger partial charge in [-0.1, -0.05) is 38.5 Å². The Bertz CT molecular complexity index is 305. The van der Waals surface area contributed by atoms with Crippen molar-refractivity contribution in [1.82, 2.24) is 21.7 Å². The lowest BCUT2D eigenvalue weighted by Gasteiger charge is -2.04. The van der Waals surface area contributed by atoms with E-state index in [1.807, 2.05) is 0 Å². The van der Waals surface area contributed by atoms with Crippen LogP contribution in [0.3, 0.4) is 0 Å². The summed E-state index contributed by atoms with van der Waals surface area (Å²) in [6.45, 7) is 0. The van der Waals surface area contributed by atoms with Crippen molar-refractivity contribution in [2.45, 2.75) is 64.2 Å². The zero-order chi connectivity index (χ0) is 16.5. The van der Waals surface area contributed by atoms with E-state index in [-0.39, 0.29) is 11.8 Å². The van der Waals surface area contributed by atoms with Gasteiger partial charge < -0.3 is 0 Å². The molecule has 0 radical (unpaired) electrons. The summed E-state index contributed by atoms with van der Waals surface area (Å²) in [4.78, 5) is 42.2. The number of rotatable bonds is 15. The van der Waals surface area contributed by atoms with Crippen LogP contribution in [0.15, 0.2) is 0 Å². The second-order valence-electron chi connectivity index (χ2n) is 4.95. The third-order valence-electron chi connectivity index (χ3n) is 3.10. The maximum atomic E-state index is 11.1. The third-order valence-corrected chi connectivity index (χ3v) is 3.10. The van der Waals surface area contributed by atoms with Gasteiger partial charge in [0.2, 0.25) is 24.6 Å². The minimum atomic E-state index is -0.172. The van der Waals surface area contributed by atoms with Crippen LogP contribution in [0.1, 0.15) is 64.2 Å². The van der Waals surface area contributed by atoms with Gasteiger partial charge in [0, 0.05) is 12.8 Å². The first-order chi connectivity index (χ1) is 10.7. The van der Waals surface area contributed by atoms with Crippen LogP contribution in [0, 0.1) is 0 Å². The summed E-state index contributed by atoms with van der Waals surface area (Å²) in [6, 6.07) is 0. The predicted molar refractivity (Wildman–Crippen MR) is 80.9 cm³/mol. The molecule has 0 heterocycles. The van der Waals surface area contributed by atoms with E-state index in [0.717, 1.165) is 51.4 Å². The highest BCUT2D eigenvalue weighted by molar-refractivity contribution is 5.77. The first-order valence-electron chi connectivity index (χ1n) is 7.66. The smallest absolute Gasteiger partial charge is 0.238 e. The number of hydrazine groups is 2. The number of amides is 4. The van der Waals surface area contributed by atoms with E-state index in [2.05, 4.69) is 21.7 Å². The van der Waals surface area contributed by atoms with Crippen molar-refractivity contribution < 1.29 is 19.2 Å². The molecule has 8 heteroatoms. The molecular formula is C14H26N4O4. The number of hydrogen-bond donors (Lipinski definition) is 4. The maximum absolute atomic E-state index is 11.1. The van der Waals surface area contributed by atoms with Crippen LogP contribution in [0.5, 0.6) is 0 Å². The molecule has 0 aromatic heterocycles. The lowest BCUT2D eigenvalue weighted by atomic mass is 10.1. The van der Waals surface area contributed by atoms with Crippen LogP contribution in [0.2, 0.25) is 0 Å². The molecule has 8 nitrogen and oxygen atoms in total. The summed E-state index contributed by atoms with van der Waals surface area (Å²) < 4.78 is 0. The zero-order valence-corrected chi connectivity index (χ0v) is 12.9. The largest absolute Gasteiger partial charge is 0.277 e. The molecule has 0 unspecified atom stereocenters. The lowest BCUT2D eigenvalue weighted by molar-refractivity contribution is -0.125. The fourth-order valence-electron chi connectivity index (χ4n) is 1.98. The van der Waals surface area contributed by atoms with Gasteiger partial charge in [-0.25, -0.2) is 0 Å². The van der Waals surface area contributed by atoms with Gasteiger partial charge in [0.25, 0.3) is 0 Å². The van der Waals surface area contributed by atoms with Crippen molar-refractivity contribution in [3.63, 3.8) is 0 Å². The number of carbonyl (C=O) groups is 4. The van der Waals surface area contributed by atoms with Crippen LogP contribution in [-0.4, -0.2) is 24.6 Å². The third kappa shape index (κ3) is 14.3. The molecule has 0 fully saturated rings. The molecule has 0 saturated heterocycles. The summed E-state index contributed by atoms with van der Waals surface area (Å²) in [7, 11) is 0. The molecule has 0 aliphatic heterocycles. The van der Waals surface area contributed by atoms with E-state index in [1.54, 1.807) is 0 Å². The molecule has 4 amide bonds. The van der Waals surface area contributed by atoms with E-state index >= 15 is 0 Å². The van der Waals surface area contributed by atoms with Crippen molar-refractivity contribution >= 4 is 24.6 Å². The van der Waals surface area contributed by atoms with Crippen molar-refractivity contribution in [3.8, 4) is 0 Å². The van der Waals surface area contributed by atoms with Crippen LogP contribution >= 0.6 is 0 Å². The first kappa shape index (κ1) is 19.9. The van der Waals surface area contributed by atoms with E-state index in [1.165, 1.54) is 0 Å². The molecule has 4 N–H and O–H groups in total. The Labute approximate surface area is 130 Å². The van der Waals surface area contributed by atoms with Crippen LogP contribution in [0.4, 0.5) is 0 Å². The predicted octanol–water partition coefficient (Wildman–Crippen LogP) is 0.442. The van der Waals surface area contributed by atoms with Crippen molar-refractivity contribution in [2.24, 2.45) is 0 Å². The van der Waals surface area contributed by atoms with Gasteiger partial charge >= 0.3 is 0 Å². The van der Waals surface area contributed by atoms with Gasteiger partial charge in [0.05, 0.1) is 0 Å². The molecule has 126 valence electrons. The van der Waals surface area contributed by atoms with Gasteiger partial charge in [-0.3, -0.25) is 40.9 Å². The van der Waals surface area contributed by atoms with E-state index in [0.29, 0.717) is 25.7 Å². The normalized spacial score (nSPS) is 9.64. The quantitative estimate of drug-likeness (QED) is 0.199. The monoisotopic (exact) mass is 314 g/mol. The molecule has 22 heavy (non-hydrogen) atoms. The van der Waals surface area contributed by atoms with Crippen molar-refractivity contribution in [2.75, 3.05) is 0 Å². The molecule has 0 aliphatic rings. The molecule has 0 aromatic carbocycles. The number of hydrogen-bond acceptors (Lipinski definition) is 4. The highest BCUT2D eigenvalue weighted by atomic mass is 16.2. The molecule has 0 aliphatic carbocycles. The summed E-state index contributed by atoms with van der Waals surface area (Å²) >= 11 is 0. The van der Waals surface area contributed by atoms with Crippen molar-refractivity contribution in [1.29, 1.82) is 0 Å². The summed E-state index contributed by atoms with van der Waals surface area (Å²) in [5, 5.41) is 0. The van der Waals surface area contributed by atoms with E-state index in [4.69, 9.17) is 0 Å². The molecule has 0 spiro atoms. The number of nitrogens with one attached hydrogen (secondary N) is 4. The van der Waals surface area contributed by atoms with Gasteiger partial charge in [-0.05, 0) is 12.8 Å².